The predicted octanol–water partition coefficient (Wildman–Crippen LogP) is 3.40. The first-order chi connectivity index (χ1) is 7.34. The topological polar surface area (TPSA) is 39.2 Å². The van der Waals surface area contributed by atoms with Gasteiger partial charge in [-0.3, -0.25) is 0 Å². The molecule has 15 heavy (non-hydrogen) atoms. The smallest absolute Gasteiger partial charge is 0.263 e. The third-order valence-corrected chi connectivity index (χ3v) is 2.34. The van der Waals surface area contributed by atoms with Gasteiger partial charge in [-0.15, -0.1) is 0 Å². The van der Waals surface area contributed by atoms with Gasteiger partial charge in [-0.25, -0.2) is 4.98 Å². The number of furan rings is 1. The number of para-hydroxylation sites is 1. The number of nitrogens with zero attached hydrogens (tertiary/aromatic N) is 1. The summed E-state index contributed by atoms with van der Waals surface area (Å²) < 4.78 is 10.9. The van der Waals surface area contributed by atoms with E-state index >= 15 is 0 Å². The fourth-order valence-corrected chi connectivity index (χ4v) is 1.59. The number of hydrogen-bond donors (Lipinski definition) is 0. The Morgan fingerprint density at radius 3 is 2.80 bits per heavy atom. The molecule has 2 aromatic heterocycles. The fourth-order valence-electron chi connectivity index (χ4n) is 1.59. The highest BCUT2D eigenvalue weighted by atomic mass is 16.4. The number of benzene rings is 1. The Balaban J connectivity index is 2.27. The second kappa shape index (κ2) is 2.98. The van der Waals surface area contributed by atoms with Crippen molar-refractivity contribution in [2.45, 2.75) is 6.92 Å². The molecular formula is C12H9NO2. The molecule has 0 amide bonds. The molecule has 1 aromatic carbocycles. The summed E-state index contributed by atoms with van der Waals surface area (Å²) >= 11 is 0. The van der Waals surface area contributed by atoms with Gasteiger partial charge in [0.15, 0.2) is 11.3 Å². The van der Waals surface area contributed by atoms with E-state index in [1.807, 2.05) is 37.3 Å². The maximum Gasteiger partial charge on any atom is 0.263 e. The minimum Gasteiger partial charge on any atom is -0.459 e. The van der Waals surface area contributed by atoms with Gasteiger partial charge < -0.3 is 8.83 Å². The molecule has 3 nitrogen and oxygen atoms in total. The van der Waals surface area contributed by atoms with E-state index in [-0.39, 0.29) is 0 Å². The summed E-state index contributed by atoms with van der Waals surface area (Å²) in [6, 6.07) is 9.54. The van der Waals surface area contributed by atoms with E-state index in [9.17, 15) is 0 Å². The highest BCUT2D eigenvalue weighted by molar-refractivity contribution is 5.78. The first-order valence-electron chi connectivity index (χ1n) is 4.74. The Labute approximate surface area is 86.3 Å². The van der Waals surface area contributed by atoms with E-state index in [0.717, 1.165) is 16.7 Å². The molecule has 0 radical (unpaired) electrons. The summed E-state index contributed by atoms with van der Waals surface area (Å²) in [6.45, 7) is 2.00. The summed E-state index contributed by atoms with van der Waals surface area (Å²) in [7, 11) is 0. The monoisotopic (exact) mass is 199 g/mol. The molecule has 74 valence electrons. The van der Waals surface area contributed by atoms with Gasteiger partial charge >= 0.3 is 0 Å². The molecule has 0 bridgehead atoms. The molecule has 3 aromatic rings. The number of oxazole rings is 1. The van der Waals surface area contributed by atoms with Crippen molar-refractivity contribution in [1.82, 2.24) is 4.98 Å². The minimum absolute atomic E-state index is 0.532. The molecule has 3 heteroatoms. The van der Waals surface area contributed by atoms with E-state index in [0.29, 0.717) is 11.7 Å². The molecular weight excluding hydrogens is 190 g/mol. The largest absolute Gasteiger partial charge is 0.459 e. The predicted molar refractivity (Wildman–Crippen MR) is 56.4 cm³/mol. The third kappa shape index (κ3) is 1.24. The molecule has 0 aliphatic heterocycles. The van der Waals surface area contributed by atoms with Gasteiger partial charge in [0.2, 0.25) is 0 Å². The van der Waals surface area contributed by atoms with Gasteiger partial charge in [0.1, 0.15) is 5.52 Å². The summed E-state index contributed by atoms with van der Waals surface area (Å²) in [5.41, 5.74) is 2.77. The van der Waals surface area contributed by atoms with Crippen LogP contribution in [0.4, 0.5) is 0 Å². The second-order valence-corrected chi connectivity index (χ2v) is 3.42. The van der Waals surface area contributed by atoms with Crippen LogP contribution in [0.3, 0.4) is 0 Å². The zero-order valence-electron chi connectivity index (χ0n) is 8.23. The molecule has 0 atom stereocenters. The Kier molecular flexibility index (Phi) is 1.65. The number of rotatable bonds is 1. The lowest BCUT2D eigenvalue weighted by molar-refractivity contribution is 0.534. The van der Waals surface area contributed by atoms with Crippen molar-refractivity contribution in [1.29, 1.82) is 0 Å². The van der Waals surface area contributed by atoms with Gasteiger partial charge in [0.05, 0.1) is 6.26 Å². The summed E-state index contributed by atoms with van der Waals surface area (Å²) in [6.07, 6.45) is 1.61. The van der Waals surface area contributed by atoms with E-state index in [1.54, 1.807) is 6.26 Å². The maximum atomic E-state index is 5.64. The zero-order chi connectivity index (χ0) is 10.3. The van der Waals surface area contributed by atoms with E-state index in [1.165, 1.54) is 0 Å². The van der Waals surface area contributed by atoms with Gasteiger partial charge in [-0.05, 0) is 30.7 Å². The van der Waals surface area contributed by atoms with Crippen LogP contribution in [0.1, 0.15) is 5.56 Å². The van der Waals surface area contributed by atoms with E-state index in [2.05, 4.69) is 4.98 Å². The second-order valence-electron chi connectivity index (χ2n) is 3.42. The Bertz CT molecular complexity index is 593. The van der Waals surface area contributed by atoms with E-state index < -0.39 is 0 Å². The number of hydrogen-bond acceptors (Lipinski definition) is 3. The molecule has 0 spiro atoms. The van der Waals surface area contributed by atoms with Gasteiger partial charge in [-0.2, -0.15) is 0 Å². The van der Waals surface area contributed by atoms with Gasteiger partial charge in [0.25, 0.3) is 5.89 Å². The van der Waals surface area contributed by atoms with Crippen LogP contribution in [-0.2, 0) is 0 Å². The molecule has 0 saturated heterocycles. The molecule has 0 saturated carbocycles. The first kappa shape index (κ1) is 8.29. The standard InChI is InChI=1S/C12H9NO2/c1-8-4-2-5-9-11(8)15-12(13-9)10-6-3-7-14-10/h2-7H,1H3. The average Bonchev–Trinajstić information content (AvgIpc) is 2.86. The minimum atomic E-state index is 0.532. The zero-order valence-corrected chi connectivity index (χ0v) is 8.23. The van der Waals surface area contributed by atoms with E-state index in [4.69, 9.17) is 8.83 Å². The van der Waals surface area contributed by atoms with Crippen molar-refractivity contribution in [3.05, 3.63) is 42.2 Å². The van der Waals surface area contributed by atoms with Gasteiger partial charge in [0, 0.05) is 0 Å². The lowest BCUT2D eigenvalue weighted by atomic mass is 10.2. The summed E-state index contributed by atoms with van der Waals surface area (Å²) in [5.74, 6) is 1.19. The van der Waals surface area contributed by atoms with Crippen molar-refractivity contribution in [2.24, 2.45) is 0 Å². The third-order valence-electron chi connectivity index (χ3n) is 2.34. The lowest BCUT2D eigenvalue weighted by Gasteiger charge is -1.89. The Morgan fingerprint density at radius 1 is 1.13 bits per heavy atom. The van der Waals surface area contributed by atoms with Crippen LogP contribution in [-0.4, -0.2) is 4.98 Å². The average molecular weight is 199 g/mol. The van der Waals surface area contributed by atoms with Crippen LogP contribution in [0.5, 0.6) is 0 Å². The highest BCUT2D eigenvalue weighted by Gasteiger charge is 2.10. The van der Waals surface area contributed by atoms with Crippen LogP contribution in [0.15, 0.2) is 45.4 Å². The van der Waals surface area contributed by atoms with Crippen molar-refractivity contribution in [3.8, 4) is 11.7 Å². The molecule has 0 unspecified atom stereocenters. The normalized spacial score (nSPS) is 11.0. The van der Waals surface area contributed by atoms with Crippen LogP contribution in [0.25, 0.3) is 22.8 Å². The molecule has 0 N–H and O–H groups in total. The molecule has 0 aliphatic carbocycles. The van der Waals surface area contributed by atoms with Crippen molar-refractivity contribution in [2.75, 3.05) is 0 Å². The Morgan fingerprint density at radius 2 is 2.07 bits per heavy atom. The number of aryl methyl sites for hydroxylation is 1. The van der Waals surface area contributed by atoms with Crippen LogP contribution < -0.4 is 0 Å². The quantitative estimate of drug-likeness (QED) is 0.603. The first-order valence-corrected chi connectivity index (χ1v) is 4.74. The van der Waals surface area contributed by atoms with Crippen LogP contribution in [0.2, 0.25) is 0 Å². The molecule has 0 fully saturated rings. The molecule has 0 aliphatic rings. The summed E-state index contributed by atoms with van der Waals surface area (Å²) in [4.78, 5) is 4.36. The molecule has 2 heterocycles. The number of fused-ring (bicyclic) bond motifs is 1. The molecule has 3 rings (SSSR count). The summed E-state index contributed by atoms with van der Waals surface area (Å²) in [5, 5.41) is 0. The van der Waals surface area contributed by atoms with Crippen molar-refractivity contribution >= 4 is 11.1 Å². The van der Waals surface area contributed by atoms with Crippen LogP contribution in [0, 0.1) is 6.92 Å². The lowest BCUT2D eigenvalue weighted by Crippen LogP contribution is -1.72. The van der Waals surface area contributed by atoms with Crippen LogP contribution >= 0.6 is 0 Å². The van der Waals surface area contributed by atoms with Crippen molar-refractivity contribution in [3.63, 3.8) is 0 Å². The Hall–Kier alpha value is -2.03. The SMILES string of the molecule is Cc1cccc2nc(-c3ccco3)oc12. The fraction of sp³-hybridized carbons (Fsp3) is 0.0833. The number of aromatic nitrogens is 1. The van der Waals surface area contributed by atoms with Gasteiger partial charge in [-0.1, -0.05) is 12.1 Å². The maximum absolute atomic E-state index is 5.64. The van der Waals surface area contributed by atoms with Crippen molar-refractivity contribution < 1.29 is 8.83 Å². The highest BCUT2D eigenvalue weighted by Crippen LogP contribution is 2.26.